The summed E-state index contributed by atoms with van der Waals surface area (Å²) in [5, 5.41) is 8.10. The van der Waals surface area contributed by atoms with E-state index in [2.05, 4.69) is 29.9 Å². The van der Waals surface area contributed by atoms with E-state index in [0.29, 0.717) is 23.0 Å². The number of carbonyl (C=O) groups excluding carboxylic acids is 1. The lowest BCUT2D eigenvalue weighted by molar-refractivity contribution is -0.274. The van der Waals surface area contributed by atoms with E-state index in [1.165, 1.54) is 29.1 Å². The highest BCUT2D eigenvalue weighted by atomic mass is 35.5. The van der Waals surface area contributed by atoms with Gasteiger partial charge in [-0.25, -0.2) is 0 Å². The number of piperazine rings is 1. The Bertz CT molecular complexity index is 1230. The van der Waals surface area contributed by atoms with Crippen LogP contribution in [0.5, 0.6) is 5.75 Å². The number of rotatable bonds is 8. The van der Waals surface area contributed by atoms with Gasteiger partial charge in [0.2, 0.25) is 0 Å². The topological polar surface area (TPSA) is 75.5 Å². The second-order valence-corrected chi connectivity index (χ2v) is 9.31. The Labute approximate surface area is 221 Å². The number of aryl methyl sites for hydroxylation is 1. The third-order valence-corrected chi connectivity index (χ3v) is 6.45. The van der Waals surface area contributed by atoms with Gasteiger partial charge in [-0.05, 0) is 25.1 Å². The normalized spacial score (nSPS) is 14.6. The maximum absolute atomic E-state index is 12.9. The maximum Gasteiger partial charge on any atom is 0.573 e. The van der Waals surface area contributed by atoms with E-state index >= 15 is 0 Å². The Balaban J connectivity index is 1.31. The minimum absolute atomic E-state index is 0.0813. The van der Waals surface area contributed by atoms with Crippen LogP contribution in [0, 0.1) is 0 Å². The van der Waals surface area contributed by atoms with Crippen molar-refractivity contribution in [3.05, 3.63) is 58.5 Å². The second kappa shape index (κ2) is 11.6. The van der Waals surface area contributed by atoms with Gasteiger partial charge in [-0.3, -0.25) is 19.4 Å². The fourth-order valence-corrected chi connectivity index (χ4v) is 4.83. The molecule has 1 fully saturated rings. The van der Waals surface area contributed by atoms with Gasteiger partial charge in [0.15, 0.2) is 0 Å². The van der Waals surface area contributed by atoms with E-state index in [0.717, 1.165) is 38.4 Å². The molecule has 3 aromatic rings. The van der Waals surface area contributed by atoms with Crippen molar-refractivity contribution in [1.82, 2.24) is 25.0 Å². The summed E-state index contributed by atoms with van der Waals surface area (Å²) in [7, 11) is 1.60. The molecule has 37 heavy (non-hydrogen) atoms. The molecule has 198 valence electrons. The van der Waals surface area contributed by atoms with Crippen LogP contribution in [0.25, 0.3) is 11.3 Å². The molecule has 1 saturated heterocycles. The molecular formula is C24H25Cl2F3N6O2. The number of halogens is 5. The smallest absolute Gasteiger partial charge is 0.405 e. The lowest BCUT2D eigenvalue weighted by atomic mass is 10.1. The predicted octanol–water partition coefficient (Wildman–Crippen LogP) is 4.63. The Morgan fingerprint density at radius 1 is 1.11 bits per heavy atom. The number of nitrogens with zero attached hydrogens (tertiary/aromatic N) is 5. The predicted molar refractivity (Wildman–Crippen MR) is 135 cm³/mol. The highest BCUT2D eigenvalue weighted by Crippen LogP contribution is 2.35. The van der Waals surface area contributed by atoms with Crippen LogP contribution in [-0.2, 0) is 7.05 Å². The minimum atomic E-state index is -4.87. The van der Waals surface area contributed by atoms with E-state index in [9.17, 15) is 18.0 Å². The van der Waals surface area contributed by atoms with Crippen molar-refractivity contribution >= 4 is 34.8 Å². The third kappa shape index (κ3) is 6.85. The van der Waals surface area contributed by atoms with Crippen molar-refractivity contribution in [1.29, 1.82) is 0 Å². The molecule has 1 aromatic carbocycles. The first-order valence-electron chi connectivity index (χ1n) is 11.6. The van der Waals surface area contributed by atoms with E-state index in [4.69, 9.17) is 23.2 Å². The molecular weight excluding hydrogens is 532 g/mol. The average molecular weight is 557 g/mol. The molecule has 2 aromatic heterocycles. The first kappa shape index (κ1) is 27.0. The van der Waals surface area contributed by atoms with E-state index in [1.54, 1.807) is 25.5 Å². The number of amides is 1. The molecule has 3 heterocycles. The summed E-state index contributed by atoms with van der Waals surface area (Å²) < 4.78 is 44.1. The summed E-state index contributed by atoms with van der Waals surface area (Å²) in [6.45, 7) is 4.31. The Morgan fingerprint density at radius 2 is 1.78 bits per heavy atom. The van der Waals surface area contributed by atoms with Crippen LogP contribution in [0.2, 0.25) is 10.0 Å². The standard InChI is InChI=1S/C24H25Cl2F3N6O2/c1-33-15-17(21(32-33)16-5-2-3-6-20(16)37-24(27,28)29)23(36)31-7-4-8-34-9-11-35(12-10-34)22-18(25)13-30-14-19(22)26/h2-3,5-6,13-15H,4,7-12H2,1H3,(H,31,36). The number of ether oxygens (including phenoxy) is 1. The van der Waals surface area contributed by atoms with Crippen molar-refractivity contribution < 1.29 is 22.7 Å². The summed E-state index contributed by atoms with van der Waals surface area (Å²) in [6.07, 6.45) is 0.464. The van der Waals surface area contributed by atoms with Crippen molar-refractivity contribution in [3.8, 4) is 17.0 Å². The highest BCUT2D eigenvalue weighted by Gasteiger charge is 2.33. The second-order valence-electron chi connectivity index (χ2n) is 8.50. The summed E-state index contributed by atoms with van der Waals surface area (Å²) in [6, 6.07) is 5.61. The zero-order valence-electron chi connectivity index (χ0n) is 19.9. The molecule has 0 aliphatic carbocycles. The number of pyridine rings is 1. The Kier molecular flexibility index (Phi) is 8.46. The molecule has 1 aliphatic heterocycles. The molecule has 0 unspecified atom stereocenters. The van der Waals surface area contributed by atoms with Crippen LogP contribution in [0.1, 0.15) is 16.8 Å². The van der Waals surface area contributed by atoms with E-state index < -0.39 is 18.0 Å². The molecule has 0 radical (unpaired) electrons. The lowest BCUT2D eigenvalue weighted by Gasteiger charge is -2.36. The molecule has 1 aliphatic rings. The molecule has 0 spiro atoms. The monoisotopic (exact) mass is 556 g/mol. The molecule has 1 N–H and O–H groups in total. The fourth-order valence-electron chi connectivity index (χ4n) is 4.23. The number of alkyl halides is 3. The number of anilines is 1. The molecule has 13 heteroatoms. The summed E-state index contributed by atoms with van der Waals surface area (Å²) >= 11 is 12.5. The molecule has 0 bridgehead atoms. The molecule has 4 rings (SSSR count). The van der Waals surface area contributed by atoms with Crippen LogP contribution in [-0.4, -0.2) is 71.2 Å². The van der Waals surface area contributed by atoms with Crippen LogP contribution in [0.4, 0.5) is 18.9 Å². The van der Waals surface area contributed by atoms with Crippen LogP contribution >= 0.6 is 23.2 Å². The van der Waals surface area contributed by atoms with Crippen LogP contribution in [0.15, 0.2) is 42.9 Å². The third-order valence-electron chi connectivity index (χ3n) is 5.89. The quantitative estimate of drug-likeness (QED) is 0.408. The Morgan fingerprint density at radius 3 is 2.46 bits per heavy atom. The molecule has 1 amide bonds. The van der Waals surface area contributed by atoms with Gasteiger partial charge in [0, 0.05) is 63.9 Å². The number of aromatic nitrogens is 3. The van der Waals surface area contributed by atoms with E-state index in [-0.39, 0.29) is 16.8 Å². The van der Waals surface area contributed by atoms with Gasteiger partial charge in [0.25, 0.3) is 5.91 Å². The van der Waals surface area contributed by atoms with Crippen LogP contribution < -0.4 is 15.0 Å². The summed E-state index contributed by atoms with van der Waals surface area (Å²) in [5.74, 6) is -0.840. The highest BCUT2D eigenvalue weighted by molar-refractivity contribution is 6.38. The average Bonchev–Trinajstić information content (AvgIpc) is 3.23. The minimum Gasteiger partial charge on any atom is -0.405 e. The zero-order chi connectivity index (χ0) is 26.6. The largest absolute Gasteiger partial charge is 0.573 e. The van der Waals surface area contributed by atoms with Crippen molar-refractivity contribution in [3.63, 3.8) is 0 Å². The van der Waals surface area contributed by atoms with Crippen molar-refractivity contribution in [2.45, 2.75) is 12.8 Å². The molecule has 8 nitrogen and oxygen atoms in total. The zero-order valence-corrected chi connectivity index (χ0v) is 21.4. The van der Waals surface area contributed by atoms with Crippen LogP contribution in [0.3, 0.4) is 0 Å². The number of benzene rings is 1. The molecule has 0 saturated carbocycles. The summed E-state index contributed by atoms with van der Waals surface area (Å²) in [4.78, 5) is 21.3. The lowest BCUT2D eigenvalue weighted by Crippen LogP contribution is -2.47. The number of nitrogens with one attached hydrogen (secondary N) is 1. The number of carbonyl (C=O) groups is 1. The number of hydrogen-bond donors (Lipinski definition) is 1. The first-order chi connectivity index (χ1) is 17.6. The van der Waals surface area contributed by atoms with Crippen molar-refractivity contribution in [2.75, 3.05) is 44.2 Å². The van der Waals surface area contributed by atoms with Gasteiger partial charge >= 0.3 is 6.36 Å². The molecule has 0 atom stereocenters. The van der Waals surface area contributed by atoms with Gasteiger partial charge in [-0.2, -0.15) is 5.10 Å². The fraction of sp³-hybridized carbons (Fsp3) is 0.375. The number of para-hydroxylation sites is 1. The maximum atomic E-state index is 12.9. The summed E-state index contributed by atoms with van der Waals surface area (Å²) in [5.41, 5.74) is 1.16. The SMILES string of the molecule is Cn1cc(C(=O)NCCCN2CCN(c3c(Cl)cncc3Cl)CC2)c(-c2ccccc2OC(F)(F)F)n1. The number of hydrogen-bond acceptors (Lipinski definition) is 6. The van der Waals surface area contributed by atoms with Crippen molar-refractivity contribution in [2.24, 2.45) is 7.05 Å². The van der Waals surface area contributed by atoms with Gasteiger partial charge in [-0.1, -0.05) is 35.3 Å². The first-order valence-corrected chi connectivity index (χ1v) is 12.3. The van der Waals surface area contributed by atoms with Gasteiger partial charge in [-0.15, -0.1) is 13.2 Å². The van der Waals surface area contributed by atoms with Gasteiger partial charge in [0.1, 0.15) is 11.4 Å². The van der Waals surface area contributed by atoms with Gasteiger partial charge < -0.3 is 15.0 Å². The van der Waals surface area contributed by atoms with Gasteiger partial charge in [0.05, 0.1) is 21.3 Å². The van der Waals surface area contributed by atoms with E-state index in [1.807, 2.05) is 0 Å². The Hall–Kier alpha value is -3.02.